The summed E-state index contributed by atoms with van der Waals surface area (Å²) in [6.45, 7) is 1.50. The lowest BCUT2D eigenvalue weighted by Gasteiger charge is -2.27. The molecule has 0 spiro atoms. The Morgan fingerprint density at radius 1 is 1.37 bits per heavy atom. The van der Waals surface area contributed by atoms with Crippen molar-refractivity contribution in [2.45, 2.75) is 17.9 Å². The first kappa shape index (κ1) is 13.2. The molecule has 0 N–H and O–H groups in total. The largest absolute Gasteiger partial charge is 0.334 e. The third-order valence-corrected chi connectivity index (χ3v) is 5.27. The van der Waals surface area contributed by atoms with Crippen LogP contribution in [0.25, 0.3) is 0 Å². The molecule has 0 unspecified atom stereocenters. The maximum atomic E-state index is 12.6. The van der Waals surface area contributed by atoms with Gasteiger partial charge < -0.3 is 4.90 Å². The lowest BCUT2D eigenvalue weighted by atomic mass is 10.1. The maximum absolute atomic E-state index is 12.6. The monoisotopic (exact) mass is 353 g/mol. The van der Waals surface area contributed by atoms with Crippen LogP contribution < -0.4 is 0 Å². The first-order valence-corrected chi connectivity index (χ1v) is 8.10. The minimum atomic E-state index is 0.0691. The van der Waals surface area contributed by atoms with E-state index in [-0.39, 0.29) is 5.91 Å². The van der Waals surface area contributed by atoms with Gasteiger partial charge in [-0.2, -0.15) is 0 Å². The number of thiophene rings is 1. The van der Waals surface area contributed by atoms with Gasteiger partial charge in [-0.25, -0.2) is 0 Å². The number of hydrogen-bond donors (Lipinski definition) is 1. The Balaban J connectivity index is 1.87. The second kappa shape index (κ2) is 5.31. The second-order valence-electron chi connectivity index (χ2n) is 4.51. The van der Waals surface area contributed by atoms with Gasteiger partial charge in [-0.15, -0.1) is 24.0 Å². The zero-order valence-corrected chi connectivity index (χ0v) is 13.4. The summed E-state index contributed by atoms with van der Waals surface area (Å²) >= 11 is 9.53. The molecule has 19 heavy (non-hydrogen) atoms. The Morgan fingerprint density at radius 2 is 2.21 bits per heavy atom. The predicted molar refractivity (Wildman–Crippen MR) is 84.2 cm³/mol. The molecule has 0 aliphatic carbocycles. The maximum Gasteiger partial charge on any atom is 0.255 e. The number of carbonyl (C=O) groups is 1. The van der Waals surface area contributed by atoms with Crippen LogP contribution in [0, 0.1) is 0 Å². The van der Waals surface area contributed by atoms with Gasteiger partial charge in [0.15, 0.2) is 0 Å². The van der Waals surface area contributed by atoms with E-state index in [1.807, 2.05) is 23.1 Å². The summed E-state index contributed by atoms with van der Waals surface area (Å²) in [4.78, 5) is 16.7. The van der Waals surface area contributed by atoms with E-state index in [1.165, 1.54) is 10.4 Å². The van der Waals surface area contributed by atoms with Gasteiger partial charge in [0.25, 0.3) is 5.91 Å². The van der Waals surface area contributed by atoms with E-state index in [2.05, 4.69) is 40.0 Å². The molecule has 1 aromatic heterocycles. The molecule has 0 atom stereocenters. The first-order chi connectivity index (χ1) is 9.15. The fraction of sp³-hybridized carbons (Fsp3) is 0.214. The van der Waals surface area contributed by atoms with E-state index in [0.717, 1.165) is 22.3 Å². The minimum absolute atomic E-state index is 0.0691. The van der Waals surface area contributed by atoms with Crippen molar-refractivity contribution in [3.8, 4) is 0 Å². The standard InChI is InChI=1S/C14H12BrNOS2/c15-12-2-1-10(18)7-11(12)14(17)16-5-3-13-9(8-16)4-6-19-13/h1-2,4,6-7,18H,3,5,8H2. The Bertz CT molecular complexity index is 638. The number of fused-ring (bicyclic) bond motifs is 1. The molecule has 0 radical (unpaired) electrons. The van der Waals surface area contributed by atoms with Gasteiger partial charge in [0.1, 0.15) is 0 Å². The Kier molecular flexibility index (Phi) is 3.69. The molecule has 0 saturated heterocycles. The summed E-state index contributed by atoms with van der Waals surface area (Å²) in [6.07, 6.45) is 0.955. The topological polar surface area (TPSA) is 20.3 Å². The highest BCUT2D eigenvalue weighted by molar-refractivity contribution is 9.10. The van der Waals surface area contributed by atoms with Crippen LogP contribution in [0.4, 0.5) is 0 Å². The van der Waals surface area contributed by atoms with Crippen LogP contribution in [0.2, 0.25) is 0 Å². The van der Waals surface area contributed by atoms with Crippen molar-refractivity contribution < 1.29 is 4.79 Å². The number of benzene rings is 1. The van der Waals surface area contributed by atoms with Crippen LogP contribution in [0.1, 0.15) is 20.8 Å². The molecule has 1 amide bonds. The number of hydrogen-bond acceptors (Lipinski definition) is 3. The molecular formula is C14H12BrNOS2. The third-order valence-electron chi connectivity index (χ3n) is 3.28. The van der Waals surface area contributed by atoms with Gasteiger partial charge in [0.2, 0.25) is 0 Å². The lowest BCUT2D eigenvalue weighted by molar-refractivity contribution is 0.0734. The van der Waals surface area contributed by atoms with Gasteiger partial charge in [0.05, 0.1) is 5.56 Å². The normalized spacial score (nSPS) is 14.3. The second-order valence-corrected chi connectivity index (χ2v) is 6.88. The molecule has 0 fully saturated rings. The molecule has 0 bridgehead atoms. The predicted octanol–water partition coefficient (Wildman–Crippen LogP) is 4.00. The van der Waals surface area contributed by atoms with Crippen LogP contribution in [0.5, 0.6) is 0 Å². The molecule has 2 aromatic rings. The van der Waals surface area contributed by atoms with Gasteiger partial charge in [-0.3, -0.25) is 4.79 Å². The zero-order chi connectivity index (χ0) is 13.4. The molecule has 2 nitrogen and oxygen atoms in total. The van der Waals surface area contributed by atoms with Crippen molar-refractivity contribution >= 4 is 45.8 Å². The third kappa shape index (κ3) is 2.59. The quantitative estimate of drug-likeness (QED) is 0.768. The van der Waals surface area contributed by atoms with Crippen LogP contribution >= 0.6 is 39.9 Å². The molecule has 1 aliphatic heterocycles. The zero-order valence-electron chi connectivity index (χ0n) is 10.1. The van der Waals surface area contributed by atoms with E-state index < -0.39 is 0 Å². The van der Waals surface area contributed by atoms with Crippen molar-refractivity contribution in [2.75, 3.05) is 6.54 Å². The average molecular weight is 354 g/mol. The number of thiol groups is 1. The summed E-state index contributed by atoms with van der Waals surface area (Å²) in [5, 5.41) is 2.10. The van der Waals surface area contributed by atoms with E-state index >= 15 is 0 Å². The van der Waals surface area contributed by atoms with Crippen molar-refractivity contribution in [3.05, 3.63) is 50.1 Å². The van der Waals surface area contributed by atoms with E-state index in [4.69, 9.17) is 0 Å². The average Bonchev–Trinajstić information content (AvgIpc) is 2.88. The highest BCUT2D eigenvalue weighted by Gasteiger charge is 2.23. The fourth-order valence-electron chi connectivity index (χ4n) is 2.27. The molecular weight excluding hydrogens is 342 g/mol. The van der Waals surface area contributed by atoms with Crippen molar-refractivity contribution in [1.82, 2.24) is 4.90 Å². The molecule has 1 aliphatic rings. The molecule has 3 rings (SSSR count). The van der Waals surface area contributed by atoms with Crippen LogP contribution in [0.3, 0.4) is 0 Å². The number of carbonyl (C=O) groups excluding carboxylic acids is 1. The Morgan fingerprint density at radius 3 is 3.05 bits per heavy atom. The molecule has 0 saturated carbocycles. The van der Waals surface area contributed by atoms with Gasteiger partial charge >= 0.3 is 0 Å². The summed E-state index contributed by atoms with van der Waals surface area (Å²) in [5.74, 6) is 0.0691. The summed E-state index contributed by atoms with van der Waals surface area (Å²) < 4.78 is 0.825. The Hall–Kier alpha value is -0.780. The van der Waals surface area contributed by atoms with Gasteiger partial charge in [-0.1, -0.05) is 0 Å². The van der Waals surface area contributed by atoms with E-state index in [9.17, 15) is 4.79 Å². The highest BCUT2D eigenvalue weighted by Crippen LogP contribution is 2.27. The molecule has 1 aromatic carbocycles. The number of rotatable bonds is 1. The van der Waals surface area contributed by atoms with Gasteiger partial charge in [0, 0.05) is 27.3 Å². The first-order valence-electron chi connectivity index (χ1n) is 5.98. The van der Waals surface area contributed by atoms with Gasteiger partial charge in [-0.05, 0) is 57.6 Å². The number of halogens is 1. The number of amides is 1. The van der Waals surface area contributed by atoms with E-state index in [0.29, 0.717) is 12.1 Å². The van der Waals surface area contributed by atoms with Crippen molar-refractivity contribution in [1.29, 1.82) is 0 Å². The van der Waals surface area contributed by atoms with Crippen LogP contribution in [0.15, 0.2) is 39.0 Å². The number of nitrogens with zero attached hydrogens (tertiary/aromatic N) is 1. The molecule has 5 heteroatoms. The SMILES string of the molecule is O=C(c1cc(S)ccc1Br)N1CCc2sccc2C1. The summed E-state index contributed by atoms with van der Waals surface area (Å²) in [6, 6.07) is 7.68. The molecule has 98 valence electrons. The van der Waals surface area contributed by atoms with Crippen LogP contribution in [-0.4, -0.2) is 17.4 Å². The van der Waals surface area contributed by atoms with Crippen LogP contribution in [-0.2, 0) is 13.0 Å². The van der Waals surface area contributed by atoms with Crippen molar-refractivity contribution in [2.24, 2.45) is 0 Å². The summed E-state index contributed by atoms with van der Waals surface area (Å²) in [5.41, 5.74) is 1.97. The minimum Gasteiger partial charge on any atom is -0.334 e. The smallest absolute Gasteiger partial charge is 0.255 e. The highest BCUT2D eigenvalue weighted by atomic mass is 79.9. The Labute approximate surface area is 130 Å². The van der Waals surface area contributed by atoms with Crippen molar-refractivity contribution in [3.63, 3.8) is 0 Å². The fourth-order valence-corrected chi connectivity index (χ4v) is 3.78. The summed E-state index contributed by atoms with van der Waals surface area (Å²) in [7, 11) is 0. The molecule has 2 heterocycles. The van der Waals surface area contributed by atoms with E-state index in [1.54, 1.807) is 11.3 Å². The lowest BCUT2D eigenvalue weighted by Crippen LogP contribution is -2.35.